The Bertz CT molecular complexity index is 905. The summed E-state index contributed by atoms with van der Waals surface area (Å²) in [5.41, 5.74) is 2.31. The lowest BCUT2D eigenvalue weighted by molar-refractivity contribution is -0.136. The second-order valence-corrected chi connectivity index (χ2v) is 8.01. The Morgan fingerprint density at radius 2 is 1.86 bits per heavy atom. The van der Waals surface area contributed by atoms with Crippen LogP contribution in [-0.2, 0) is 16.0 Å². The van der Waals surface area contributed by atoms with Gasteiger partial charge in [0.15, 0.2) is 0 Å². The Kier molecular flexibility index (Phi) is 5.51. The van der Waals surface area contributed by atoms with Gasteiger partial charge < -0.3 is 15.3 Å². The number of aryl methyl sites for hydroxylation is 1. The van der Waals surface area contributed by atoms with Crippen molar-refractivity contribution in [3.63, 3.8) is 0 Å². The number of phenols is 1. The maximum absolute atomic E-state index is 13.5. The highest BCUT2D eigenvalue weighted by atomic mass is 19.1. The number of fused-ring (bicyclic) bond motifs is 1. The number of rotatable bonds is 4. The SMILES string of the molecule is O=C1CC(C(=O)N2CCC(CCc3ccc(O)cc3)CC2)c2ccc(F)cc2N1. The van der Waals surface area contributed by atoms with E-state index >= 15 is 0 Å². The van der Waals surface area contributed by atoms with Gasteiger partial charge in [-0.1, -0.05) is 18.2 Å². The van der Waals surface area contributed by atoms with E-state index in [1.54, 1.807) is 18.2 Å². The molecule has 2 aromatic rings. The maximum Gasteiger partial charge on any atom is 0.230 e. The van der Waals surface area contributed by atoms with E-state index in [4.69, 9.17) is 0 Å². The topological polar surface area (TPSA) is 69.6 Å². The van der Waals surface area contributed by atoms with Gasteiger partial charge in [0.05, 0.1) is 5.92 Å². The normalized spacial score (nSPS) is 19.6. The van der Waals surface area contributed by atoms with Gasteiger partial charge in [0.2, 0.25) is 11.8 Å². The number of phenolic OH excluding ortho intramolecular Hbond substituents is 1. The molecule has 1 unspecified atom stereocenters. The Hall–Kier alpha value is -2.89. The van der Waals surface area contributed by atoms with Crippen molar-refractivity contribution in [2.24, 2.45) is 5.92 Å². The van der Waals surface area contributed by atoms with Gasteiger partial charge in [0, 0.05) is 25.2 Å². The molecule has 1 saturated heterocycles. The lowest BCUT2D eigenvalue weighted by Gasteiger charge is -2.35. The largest absolute Gasteiger partial charge is 0.508 e. The average Bonchev–Trinajstić information content (AvgIpc) is 2.72. The number of aromatic hydroxyl groups is 1. The molecule has 1 atom stereocenters. The fraction of sp³-hybridized carbons (Fsp3) is 0.391. The molecule has 0 spiro atoms. The fourth-order valence-electron chi connectivity index (χ4n) is 4.35. The monoisotopic (exact) mass is 396 g/mol. The minimum Gasteiger partial charge on any atom is -0.508 e. The van der Waals surface area contributed by atoms with E-state index in [0.29, 0.717) is 30.3 Å². The first-order chi connectivity index (χ1) is 14.0. The minimum absolute atomic E-state index is 0.0373. The van der Waals surface area contributed by atoms with E-state index in [-0.39, 0.29) is 24.0 Å². The summed E-state index contributed by atoms with van der Waals surface area (Å²) in [6.45, 7) is 1.38. The highest BCUT2D eigenvalue weighted by Gasteiger charge is 2.35. The zero-order chi connectivity index (χ0) is 20.4. The number of hydrogen-bond donors (Lipinski definition) is 2. The molecule has 2 aromatic carbocycles. The van der Waals surface area contributed by atoms with E-state index in [2.05, 4.69) is 5.32 Å². The quantitative estimate of drug-likeness (QED) is 0.825. The Morgan fingerprint density at radius 1 is 1.14 bits per heavy atom. The molecule has 2 amide bonds. The number of amides is 2. The van der Waals surface area contributed by atoms with Gasteiger partial charge in [-0.2, -0.15) is 0 Å². The van der Waals surface area contributed by atoms with Crippen molar-refractivity contribution >= 4 is 17.5 Å². The van der Waals surface area contributed by atoms with Crippen molar-refractivity contribution < 1.29 is 19.1 Å². The third kappa shape index (κ3) is 4.42. The zero-order valence-corrected chi connectivity index (χ0v) is 16.2. The van der Waals surface area contributed by atoms with Crippen LogP contribution in [0.5, 0.6) is 5.75 Å². The Morgan fingerprint density at radius 3 is 2.59 bits per heavy atom. The molecule has 2 heterocycles. The van der Waals surface area contributed by atoms with E-state index in [9.17, 15) is 19.1 Å². The van der Waals surface area contributed by atoms with Gasteiger partial charge in [-0.05, 0) is 67.0 Å². The van der Waals surface area contributed by atoms with Gasteiger partial charge in [-0.15, -0.1) is 0 Å². The molecule has 152 valence electrons. The van der Waals surface area contributed by atoms with Crippen LogP contribution in [0.15, 0.2) is 42.5 Å². The molecule has 0 aromatic heterocycles. The van der Waals surface area contributed by atoms with Crippen LogP contribution in [0.2, 0.25) is 0 Å². The summed E-state index contributed by atoms with van der Waals surface area (Å²) < 4.78 is 13.5. The number of nitrogens with zero attached hydrogens (tertiary/aromatic N) is 1. The smallest absolute Gasteiger partial charge is 0.230 e. The summed E-state index contributed by atoms with van der Waals surface area (Å²) >= 11 is 0. The standard InChI is InChI=1S/C23H25FN2O3/c24-17-5-8-19-20(14-22(28)25-21(19)13-17)23(29)26-11-9-16(10-12-26)2-1-15-3-6-18(27)7-4-15/h3-8,13,16,20,27H,1-2,9-12,14H2,(H,25,28). The summed E-state index contributed by atoms with van der Waals surface area (Å²) in [6.07, 6.45) is 4.01. The van der Waals surface area contributed by atoms with Crippen LogP contribution in [0, 0.1) is 11.7 Å². The van der Waals surface area contributed by atoms with Crippen LogP contribution in [-0.4, -0.2) is 34.9 Å². The summed E-state index contributed by atoms with van der Waals surface area (Å²) in [5.74, 6) is -0.403. The average molecular weight is 396 g/mol. The van der Waals surface area contributed by atoms with Crippen LogP contribution < -0.4 is 5.32 Å². The number of nitrogens with one attached hydrogen (secondary N) is 1. The highest BCUT2D eigenvalue weighted by Crippen LogP contribution is 2.35. The lowest BCUT2D eigenvalue weighted by atomic mass is 9.87. The van der Waals surface area contributed by atoms with Gasteiger partial charge in [-0.3, -0.25) is 9.59 Å². The first-order valence-electron chi connectivity index (χ1n) is 10.2. The predicted molar refractivity (Wildman–Crippen MR) is 108 cm³/mol. The van der Waals surface area contributed by atoms with Crippen LogP contribution in [0.4, 0.5) is 10.1 Å². The maximum atomic E-state index is 13.5. The molecule has 2 aliphatic rings. The number of halogens is 1. The number of hydrogen-bond acceptors (Lipinski definition) is 3. The summed E-state index contributed by atoms with van der Waals surface area (Å²) in [4.78, 5) is 27.0. The molecule has 0 bridgehead atoms. The van der Waals surface area contributed by atoms with E-state index in [1.807, 2.05) is 17.0 Å². The number of carbonyl (C=O) groups excluding carboxylic acids is 2. The van der Waals surface area contributed by atoms with Crippen molar-refractivity contribution in [2.45, 2.75) is 38.0 Å². The molecule has 29 heavy (non-hydrogen) atoms. The molecule has 2 N–H and O–H groups in total. The fourth-order valence-corrected chi connectivity index (χ4v) is 4.35. The van der Waals surface area contributed by atoms with Gasteiger partial charge in [-0.25, -0.2) is 4.39 Å². The minimum atomic E-state index is -0.534. The third-order valence-electron chi connectivity index (χ3n) is 6.06. The van der Waals surface area contributed by atoms with Crippen molar-refractivity contribution in [1.29, 1.82) is 0 Å². The number of benzene rings is 2. The molecule has 0 radical (unpaired) electrons. The van der Waals surface area contributed by atoms with Crippen LogP contribution in [0.1, 0.15) is 42.7 Å². The molecule has 0 aliphatic carbocycles. The van der Waals surface area contributed by atoms with E-state index in [1.165, 1.54) is 17.7 Å². The van der Waals surface area contributed by atoms with Crippen molar-refractivity contribution in [1.82, 2.24) is 4.90 Å². The zero-order valence-electron chi connectivity index (χ0n) is 16.2. The molecule has 4 rings (SSSR count). The van der Waals surface area contributed by atoms with Crippen LogP contribution in [0.25, 0.3) is 0 Å². The van der Waals surface area contributed by atoms with E-state index in [0.717, 1.165) is 25.7 Å². The number of piperidine rings is 1. The summed E-state index contributed by atoms with van der Waals surface area (Å²) in [7, 11) is 0. The van der Waals surface area contributed by atoms with E-state index < -0.39 is 11.7 Å². The molecule has 1 fully saturated rings. The summed E-state index contributed by atoms with van der Waals surface area (Å²) in [6, 6.07) is 11.5. The van der Waals surface area contributed by atoms with Crippen molar-refractivity contribution in [3.8, 4) is 5.75 Å². The number of likely N-dealkylation sites (tertiary alicyclic amines) is 1. The first-order valence-corrected chi connectivity index (χ1v) is 10.2. The molecule has 6 heteroatoms. The van der Waals surface area contributed by atoms with Crippen molar-refractivity contribution in [2.75, 3.05) is 18.4 Å². The van der Waals surface area contributed by atoms with Gasteiger partial charge >= 0.3 is 0 Å². The Balaban J connectivity index is 1.34. The second-order valence-electron chi connectivity index (χ2n) is 8.01. The Labute approximate surface area is 169 Å². The second kappa shape index (κ2) is 8.23. The number of carbonyl (C=O) groups is 2. The molecule has 2 aliphatic heterocycles. The third-order valence-corrected chi connectivity index (χ3v) is 6.06. The highest BCUT2D eigenvalue weighted by molar-refractivity contribution is 6.01. The lowest BCUT2D eigenvalue weighted by Crippen LogP contribution is -2.43. The molecular formula is C23H25FN2O3. The van der Waals surface area contributed by atoms with Crippen molar-refractivity contribution in [3.05, 3.63) is 59.4 Å². The first kappa shape index (κ1) is 19.4. The molecule has 5 nitrogen and oxygen atoms in total. The van der Waals surface area contributed by atoms with Crippen LogP contribution >= 0.6 is 0 Å². The number of anilines is 1. The predicted octanol–water partition coefficient (Wildman–Crippen LogP) is 3.83. The summed E-state index contributed by atoms with van der Waals surface area (Å²) in [5, 5.41) is 12.0. The van der Waals surface area contributed by atoms with Gasteiger partial charge in [0.1, 0.15) is 11.6 Å². The van der Waals surface area contributed by atoms with Gasteiger partial charge in [0.25, 0.3) is 0 Å². The van der Waals surface area contributed by atoms with Crippen LogP contribution in [0.3, 0.4) is 0 Å². The molecular weight excluding hydrogens is 371 g/mol. The molecule has 0 saturated carbocycles.